The van der Waals surface area contributed by atoms with Gasteiger partial charge in [-0.05, 0) is 34.7 Å². The van der Waals surface area contributed by atoms with Crippen molar-refractivity contribution >= 4 is 34.1 Å². The van der Waals surface area contributed by atoms with Crippen molar-refractivity contribution in [3.05, 3.63) is 29.6 Å². The molecule has 0 unspecified atom stereocenters. The molecule has 1 amide bonds. The molecular formula is C14H14N6O2S2. The highest BCUT2D eigenvalue weighted by atomic mass is 32.2. The number of carbonyl (C=O) groups is 1. The number of carbonyl (C=O) groups excluding carboxylic acids is 1. The Balaban J connectivity index is 1.58. The lowest BCUT2D eigenvalue weighted by molar-refractivity contribution is -0.113. The van der Waals surface area contributed by atoms with E-state index in [-0.39, 0.29) is 11.7 Å². The van der Waals surface area contributed by atoms with Gasteiger partial charge in [0.05, 0.1) is 18.6 Å². The van der Waals surface area contributed by atoms with E-state index in [1.54, 1.807) is 14.2 Å². The summed E-state index contributed by atoms with van der Waals surface area (Å²) in [6, 6.07) is 7.60. The van der Waals surface area contributed by atoms with Crippen LogP contribution in [0, 0.1) is 0 Å². The molecule has 0 spiro atoms. The third kappa shape index (κ3) is 3.89. The Kier molecular flexibility index (Phi) is 5.06. The average molecular weight is 362 g/mol. The third-order valence-corrected chi connectivity index (χ3v) is 4.82. The van der Waals surface area contributed by atoms with Crippen LogP contribution >= 0.6 is 23.1 Å². The van der Waals surface area contributed by atoms with Crippen molar-refractivity contribution in [1.29, 1.82) is 0 Å². The van der Waals surface area contributed by atoms with Crippen molar-refractivity contribution in [3.8, 4) is 17.0 Å². The maximum Gasteiger partial charge on any atom is 0.236 e. The van der Waals surface area contributed by atoms with Crippen LogP contribution in [0.3, 0.4) is 0 Å². The van der Waals surface area contributed by atoms with Crippen molar-refractivity contribution in [3.63, 3.8) is 0 Å². The summed E-state index contributed by atoms with van der Waals surface area (Å²) in [6.07, 6.45) is 0. The quantitative estimate of drug-likeness (QED) is 0.671. The standard InChI is InChI=1S/C14H14N6O2S2/c1-20-14(17-18-19-20)24-8-12(21)16-13-15-11(7-23-13)9-3-5-10(22-2)6-4-9/h3-7H,8H2,1-2H3,(H,15,16,21). The highest BCUT2D eigenvalue weighted by Crippen LogP contribution is 2.26. The van der Waals surface area contributed by atoms with Gasteiger partial charge in [0.2, 0.25) is 11.1 Å². The molecule has 2 heterocycles. The molecule has 1 N–H and O–H groups in total. The second-order valence-corrected chi connectivity index (χ2v) is 6.49. The number of aromatic nitrogens is 5. The number of anilines is 1. The lowest BCUT2D eigenvalue weighted by Gasteiger charge is -2.01. The molecule has 3 rings (SSSR count). The van der Waals surface area contributed by atoms with E-state index in [1.165, 1.54) is 27.8 Å². The number of amides is 1. The van der Waals surface area contributed by atoms with E-state index in [4.69, 9.17) is 4.74 Å². The van der Waals surface area contributed by atoms with E-state index in [0.717, 1.165) is 17.0 Å². The minimum Gasteiger partial charge on any atom is -0.497 e. The third-order valence-electron chi connectivity index (χ3n) is 3.05. The van der Waals surface area contributed by atoms with Crippen LogP contribution in [0.4, 0.5) is 5.13 Å². The number of methoxy groups -OCH3 is 1. The Morgan fingerprint density at radius 2 is 2.17 bits per heavy atom. The number of nitrogens with zero attached hydrogens (tertiary/aromatic N) is 5. The Morgan fingerprint density at radius 3 is 2.83 bits per heavy atom. The molecule has 0 saturated heterocycles. The van der Waals surface area contributed by atoms with E-state index in [2.05, 4.69) is 25.8 Å². The predicted octanol–water partition coefficient (Wildman–Crippen LogP) is 2.07. The van der Waals surface area contributed by atoms with E-state index in [9.17, 15) is 4.79 Å². The molecule has 0 bridgehead atoms. The van der Waals surface area contributed by atoms with E-state index in [0.29, 0.717) is 10.3 Å². The van der Waals surface area contributed by atoms with Crippen LogP contribution in [0.1, 0.15) is 0 Å². The highest BCUT2D eigenvalue weighted by Gasteiger charge is 2.11. The Bertz CT molecular complexity index is 830. The van der Waals surface area contributed by atoms with Gasteiger partial charge in [-0.2, -0.15) is 0 Å². The molecule has 1 aromatic carbocycles. The first-order valence-electron chi connectivity index (χ1n) is 6.90. The minimum absolute atomic E-state index is 0.154. The van der Waals surface area contributed by atoms with Gasteiger partial charge in [0.1, 0.15) is 5.75 Å². The molecule has 0 saturated carbocycles. The van der Waals surface area contributed by atoms with Crippen molar-refractivity contribution in [2.75, 3.05) is 18.2 Å². The molecule has 0 atom stereocenters. The Labute approximate surface area is 146 Å². The fourth-order valence-corrected chi connectivity index (χ4v) is 3.24. The summed E-state index contributed by atoms with van der Waals surface area (Å²) < 4.78 is 6.65. The zero-order valence-electron chi connectivity index (χ0n) is 13.0. The number of benzene rings is 1. The summed E-state index contributed by atoms with van der Waals surface area (Å²) in [5.74, 6) is 0.850. The number of tetrazole rings is 1. The summed E-state index contributed by atoms with van der Waals surface area (Å²) in [6.45, 7) is 0. The second-order valence-electron chi connectivity index (χ2n) is 4.69. The van der Waals surface area contributed by atoms with Gasteiger partial charge in [0.25, 0.3) is 0 Å². The SMILES string of the molecule is COc1ccc(-c2csc(NC(=O)CSc3nnnn3C)n2)cc1. The molecular weight excluding hydrogens is 348 g/mol. The van der Waals surface area contributed by atoms with Gasteiger partial charge in [-0.1, -0.05) is 11.8 Å². The number of nitrogens with one attached hydrogen (secondary N) is 1. The normalized spacial score (nSPS) is 10.6. The number of hydrogen-bond acceptors (Lipinski definition) is 8. The summed E-state index contributed by atoms with van der Waals surface area (Å²) in [4.78, 5) is 16.4. The molecule has 0 aliphatic carbocycles. The smallest absolute Gasteiger partial charge is 0.236 e. The van der Waals surface area contributed by atoms with Crippen molar-refractivity contribution < 1.29 is 9.53 Å². The predicted molar refractivity (Wildman–Crippen MR) is 92.3 cm³/mol. The maximum atomic E-state index is 12.0. The van der Waals surface area contributed by atoms with Gasteiger partial charge in [0, 0.05) is 18.0 Å². The first-order chi connectivity index (χ1) is 11.7. The summed E-state index contributed by atoms with van der Waals surface area (Å²) >= 11 is 2.65. The van der Waals surface area contributed by atoms with Gasteiger partial charge in [-0.15, -0.1) is 16.4 Å². The van der Waals surface area contributed by atoms with Crippen LogP contribution in [-0.4, -0.2) is 44.0 Å². The zero-order chi connectivity index (χ0) is 16.9. The highest BCUT2D eigenvalue weighted by molar-refractivity contribution is 7.99. The first kappa shape index (κ1) is 16.4. The van der Waals surface area contributed by atoms with Crippen LogP contribution < -0.4 is 10.1 Å². The molecule has 3 aromatic rings. The monoisotopic (exact) mass is 362 g/mol. The fraction of sp³-hybridized carbons (Fsp3) is 0.214. The van der Waals surface area contributed by atoms with Gasteiger partial charge < -0.3 is 10.1 Å². The Hall–Kier alpha value is -2.46. The van der Waals surface area contributed by atoms with Gasteiger partial charge >= 0.3 is 0 Å². The van der Waals surface area contributed by atoms with Crippen LogP contribution in [0.15, 0.2) is 34.8 Å². The summed E-state index contributed by atoms with van der Waals surface area (Å²) in [7, 11) is 3.35. The van der Waals surface area contributed by atoms with Gasteiger partial charge in [0.15, 0.2) is 5.13 Å². The molecule has 124 valence electrons. The molecule has 2 aromatic heterocycles. The molecule has 8 nitrogen and oxygen atoms in total. The Morgan fingerprint density at radius 1 is 1.38 bits per heavy atom. The fourth-order valence-electron chi connectivity index (χ4n) is 1.85. The first-order valence-corrected chi connectivity index (χ1v) is 8.77. The summed E-state index contributed by atoms with van der Waals surface area (Å²) in [5, 5.41) is 16.9. The van der Waals surface area contributed by atoms with Crippen LogP contribution in [0.5, 0.6) is 5.75 Å². The number of rotatable bonds is 6. The van der Waals surface area contributed by atoms with E-state index in [1.807, 2.05) is 29.6 Å². The number of thiazole rings is 1. The van der Waals surface area contributed by atoms with E-state index >= 15 is 0 Å². The van der Waals surface area contributed by atoms with Crippen molar-refractivity contribution in [2.24, 2.45) is 7.05 Å². The van der Waals surface area contributed by atoms with E-state index < -0.39 is 0 Å². The average Bonchev–Trinajstić information content (AvgIpc) is 3.22. The molecule has 0 aliphatic heterocycles. The lowest BCUT2D eigenvalue weighted by atomic mass is 10.2. The molecule has 24 heavy (non-hydrogen) atoms. The molecule has 0 aliphatic rings. The largest absolute Gasteiger partial charge is 0.497 e. The van der Waals surface area contributed by atoms with Crippen LogP contribution in [0.2, 0.25) is 0 Å². The number of thioether (sulfide) groups is 1. The summed E-state index contributed by atoms with van der Waals surface area (Å²) in [5.41, 5.74) is 1.77. The van der Waals surface area contributed by atoms with Gasteiger partial charge in [-0.3, -0.25) is 4.79 Å². The lowest BCUT2D eigenvalue weighted by Crippen LogP contribution is -2.14. The number of ether oxygens (including phenoxy) is 1. The van der Waals surface area contributed by atoms with Crippen LogP contribution in [-0.2, 0) is 11.8 Å². The van der Waals surface area contributed by atoms with Gasteiger partial charge in [-0.25, -0.2) is 9.67 Å². The molecule has 0 radical (unpaired) electrons. The maximum absolute atomic E-state index is 12.0. The topological polar surface area (TPSA) is 94.8 Å². The second kappa shape index (κ2) is 7.41. The number of aryl methyl sites for hydroxylation is 1. The van der Waals surface area contributed by atoms with Crippen molar-refractivity contribution in [2.45, 2.75) is 5.16 Å². The minimum atomic E-state index is -0.154. The molecule has 10 heteroatoms. The molecule has 0 fully saturated rings. The number of hydrogen-bond donors (Lipinski definition) is 1. The zero-order valence-corrected chi connectivity index (χ0v) is 14.6. The van der Waals surface area contributed by atoms with Crippen molar-refractivity contribution in [1.82, 2.24) is 25.2 Å². The van der Waals surface area contributed by atoms with Crippen LogP contribution in [0.25, 0.3) is 11.3 Å².